The third kappa shape index (κ3) is 3.74. The van der Waals surface area contributed by atoms with Gasteiger partial charge in [-0.15, -0.1) is 0 Å². The van der Waals surface area contributed by atoms with Crippen molar-refractivity contribution in [2.45, 2.75) is 20.8 Å². The van der Waals surface area contributed by atoms with Crippen molar-refractivity contribution in [3.8, 4) is 0 Å². The monoisotopic (exact) mass is 369 g/mol. The van der Waals surface area contributed by atoms with Crippen molar-refractivity contribution in [3.05, 3.63) is 65.4 Å². The molecule has 3 aromatic rings. The normalized spacial score (nSPS) is 10.9. The number of nitrogens with one attached hydrogen (secondary N) is 1. The third-order valence-electron chi connectivity index (χ3n) is 4.53. The summed E-state index contributed by atoms with van der Waals surface area (Å²) in [6.45, 7) is 6.99. The van der Waals surface area contributed by atoms with Crippen LogP contribution >= 0.6 is 0 Å². The summed E-state index contributed by atoms with van der Waals surface area (Å²) < 4.78 is 27.0. The Hall–Kier alpha value is -3.02. The van der Waals surface area contributed by atoms with Gasteiger partial charge in [-0.05, 0) is 38.5 Å². The number of fused-ring (bicyclic) bond motifs is 1. The molecule has 1 heterocycles. The molecule has 1 N–H and O–H groups in total. The number of aromatic nitrogens is 1. The van der Waals surface area contributed by atoms with Crippen LogP contribution in [0.15, 0.2) is 42.6 Å². The number of halogens is 2. The Kier molecular flexibility index (Phi) is 5.35. The van der Waals surface area contributed by atoms with E-state index in [0.717, 1.165) is 22.4 Å². The Labute approximate surface area is 156 Å². The lowest BCUT2D eigenvalue weighted by molar-refractivity contribution is 0.0774. The summed E-state index contributed by atoms with van der Waals surface area (Å²) in [5.41, 5.74) is 1.70. The van der Waals surface area contributed by atoms with E-state index in [-0.39, 0.29) is 11.6 Å². The molecule has 0 unspecified atom stereocenters. The summed E-state index contributed by atoms with van der Waals surface area (Å²) >= 11 is 0. The maximum absolute atomic E-state index is 13.5. The van der Waals surface area contributed by atoms with Crippen molar-refractivity contribution in [3.63, 3.8) is 0 Å². The van der Waals surface area contributed by atoms with Gasteiger partial charge < -0.3 is 10.2 Å². The molecule has 0 aliphatic carbocycles. The van der Waals surface area contributed by atoms with Crippen molar-refractivity contribution in [1.29, 1.82) is 0 Å². The number of rotatable bonds is 5. The molecular weight excluding hydrogens is 348 g/mol. The zero-order chi connectivity index (χ0) is 19.6. The highest BCUT2D eigenvalue weighted by molar-refractivity contribution is 6.10. The van der Waals surface area contributed by atoms with Gasteiger partial charge in [-0.1, -0.05) is 18.2 Å². The Bertz CT molecular complexity index is 980. The molecule has 0 fully saturated rings. The molecule has 0 radical (unpaired) electrons. The third-order valence-corrected chi connectivity index (χ3v) is 4.53. The van der Waals surface area contributed by atoms with Gasteiger partial charge in [0, 0.05) is 41.8 Å². The number of hydrogen-bond acceptors (Lipinski definition) is 3. The molecule has 140 valence electrons. The topological polar surface area (TPSA) is 45.2 Å². The standard InChI is InChI=1S/C21H21F2N3O/c1-4-26(5-2)21(27)18-12-24-20(17-8-6-7-13(3)19(17)18)25-16-10-14(22)9-15(23)11-16/h6-12H,4-5H2,1-3H3,(H,24,25). The molecule has 0 saturated heterocycles. The van der Waals surface area contributed by atoms with Crippen LogP contribution < -0.4 is 5.32 Å². The first kappa shape index (κ1) is 18.8. The van der Waals surface area contributed by atoms with Gasteiger partial charge in [-0.3, -0.25) is 4.79 Å². The minimum Gasteiger partial charge on any atom is -0.340 e. The molecule has 6 heteroatoms. The number of amides is 1. The molecule has 0 aliphatic rings. The second kappa shape index (κ2) is 7.70. The summed E-state index contributed by atoms with van der Waals surface area (Å²) in [7, 11) is 0. The maximum Gasteiger partial charge on any atom is 0.256 e. The van der Waals surface area contributed by atoms with E-state index in [9.17, 15) is 13.6 Å². The fourth-order valence-corrected chi connectivity index (χ4v) is 3.19. The number of aryl methyl sites for hydroxylation is 1. The zero-order valence-corrected chi connectivity index (χ0v) is 15.5. The lowest BCUT2D eigenvalue weighted by Gasteiger charge is -2.21. The Morgan fingerprint density at radius 3 is 2.41 bits per heavy atom. The predicted molar refractivity (Wildman–Crippen MR) is 103 cm³/mol. The minimum atomic E-state index is -0.675. The number of anilines is 2. The molecule has 1 amide bonds. The molecule has 0 saturated carbocycles. The van der Waals surface area contributed by atoms with Crippen LogP contribution in [-0.2, 0) is 0 Å². The molecule has 0 aliphatic heterocycles. The first-order chi connectivity index (χ1) is 12.9. The van der Waals surface area contributed by atoms with Gasteiger partial charge in [0.1, 0.15) is 17.5 Å². The smallest absolute Gasteiger partial charge is 0.256 e. The van der Waals surface area contributed by atoms with Crippen molar-refractivity contribution in [2.24, 2.45) is 0 Å². The molecule has 0 bridgehead atoms. The Morgan fingerprint density at radius 1 is 1.11 bits per heavy atom. The predicted octanol–water partition coefficient (Wildman–Crippen LogP) is 5.05. The molecule has 1 aromatic heterocycles. The number of pyridine rings is 1. The van der Waals surface area contributed by atoms with E-state index < -0.39 is 11.6 Å². The van der Waals surface area contributed by atoms with E-state index in [1.165, 1.54) is 18.3 Å². The second-order valence-corrected chi connectivity index (χ2v) is 6.28. The largest absolute Gasteiger partial charge is 0.340 e. The van der Waals surface area contributed by atoms with Crippen LogP contribution in [0.1, 0.15) is 29.8 Å². The molecule has 0 spiro atoms. The van der Waals surface area contributed by atoms with Crippen molar-refractivity contribution >= 4 is 28.2 Å². The molecular formula is C21H21F2N3O. The first-order valence-electron chi connectivity index (χ1n) is 8.85. The van der Waals surface area contributed by atoms with Gasteiger partial charge >= 0.3 is 0 Å². The molecule has 27 heavy (non-hydrogen) atoms. The summed E-state index contributed by atoms with van der Waals surface area (Å²) in [5.74, 6) is -0.998. The van der Waals surface area contributed by atoms with Gasteiger partial charge in [0.25, 0.3) is 5.91 Å². The Balaban J connectivity index is 2.13. The van der Waals surface area contributed by atoms with Gasteiger partial charge in [0.2, 0.25) is 0 Å². The van der Waals surface area contributed by atoms with E-state index in [2.05, 4.69) is 10.3 Å². The summed E-state index contributed by atoms with van der Waals surface area (Å²) in [6.07, 6.45) is 1.52. The fourth-order valence-electron chi connectivity index (χ4n) is 3.19. The number of nitrogens with zero attached hydrogens (tertiary/aromatic N) is 2. The van der Waals surface area contributed by atoms with E-state index in [1.807, 2.05) is 39.0 Å². The minimum absolute atomic E-state index is 0.0878. The fraction of sp³-hybridized carbons (Fsp3) is 0.238. The summed E-state index contributed by atoms with van der Waals surface area (Å²) in [5, 5.41) is 4.46. The van der Waals surface area contributed by atoms with Crippen LogP contribution in [0, 0.1) is 18.6 Å². The molecule has 3 rings (SSSR count). The van der Waals surface area contributed by atoms with E-state index in [1.54, 1.807) is 4.90 Å². The summed E-state index contributed by atoms with van der Waals surface area (Å²) in [6, 6.07) is 8.83. The SMILES string of the molecule is CCN(CC)C(=O)c1cnc(Nc2cc(F)cc(F)c2)c2cccc(C)c12. The number of hydrogen-bond donors (Lipinski definition) is 1. The van der Waals surface area contributed by atoms with Crippen LogP contribution in [0.3, 0.4) is 0 Å². The van der Waals surface area contributed by atoms with Crippen LogP contribution in [0.5, 0.6) is 0 Å². The first-order valence-corrected chi connectivity index (χ1v) is 8.85. The highest BCUT2D eigenvalue weighted by atomic mass is 19.1. The van der Waals surface area contributed by atoms with Crippen LogP contribution in [-0.4, -0.2) is 28.9 Å². The maximum atomic E-state index is 13.5. The molecule has 2 aromatic carbocycles. The van der Waals surface area contributed by atoms with Gasteiger partial charge in [-0.2, -0.15) is 0 Å². The lowest BCUT2D eigenvalue weighted by Crippen LogP contribution is -2.30. The van der Waals surface area contributed by atoms with Gasteiger partial charge in [0.15, 0.2) is 0 Å². The van der Waals surface area contributed by atoms with Crippen molar-refractivity contribution in [2.75, 3.05) is 18.4 Å². The average Bonchev–Trinajstić information content (AvgIpc) is 2.62. The van der Waals surface area contributed by atoms with Crippen LogP contribution in [0.25, 0.3) is 10.8 Å². The lowest BCUT2D eigenvalue weighted by atomic mass is 10.0. The van der Waals surface area contributed by atoms with Crippen molar-refractivity contribution < 1.29 is 13.6 Å². The quantitative estimate of drug-likeness (QED) is 0.685. The highest BCUT2D eigenvalue weighted by Crippen LogP contribution is 2.30. The average molecular weight is 369 g/mol. The summed E-state index contributed by atoms with van der Waals surface area (Å²) in [4.78, 5) is 19.0. The van der Waals surface area contributed by atoms with Gasteiger partial charge in [-0.25, -0.2) is 13.8 Å². The van der Waals surface area contributed by atoms with Gasteiger partial charge in [0.05, 0.1) is 5.56 Å². The highest BCUT2D eigenvalue weighted by Gasteiger charge is 2.19. The number of carbonyl (C=O) groups excluding carboxylic acids is 1. The van der Waals surface area contributed by atoms with E-state index >= 15 is 0 Å². The zero-order valence-electron chi connectivity index (χ0n) is 15.5. The van der Waals surface area contributed by atoms with Crippen LogP contribution in [0.2, 0.25) is 0 Å². The number of carbonyl (C=O) groups is 1. The Morgan fingerprint density at radius 2 is 1.78 bits per heavy atom. The van der Waals surface area contributed by atoms with Crippen LogP contribution in [0.4, 0.5) is 20.3 Å². The van der Waals surface area contributed by atoms with Crippen molar-refractivity contribution in [1.82, 2.24) is 9.88 Å². The number of benzene rings is 2. The molecule has 0 atom stereocenters. The molecule has 4 nitrogen and oxygen atoms in total. The van der Waals surface area contributed by atoms with E-state index in [4.69, 9.17) is 0 Å². The second-order valence-electron chi connectivity index (χ2n) is 6.28. The van der Waals surface area contributed by atoms with E-state index in [0.29, 0.717) is 24.5 Å².